The molecule has 0 radical (unpaired) electrons. The van der Waals surface area contributed by atoms with Crippen LogP contribution in [0.5, 0.6) is 0 Å². The summed E-state index contributed by atoms with van der Waals surface area (Å²) in [7, 11) is 0. The van der Waals surface area contributed by atoms with Gasteiger partial charge in [-0.05, 0) is 26.7 Å². The van der Waals surface area contributed by atoms with Crippen molar-refractivity contribution in [1.82, 2.24) is 9.80 Å². The van der Waals surface area contributed by atoms with E-state index in [0.717, 1.165) is 6.54 Å². The van der Waals surface area contributed by atoms with Gasteiger partial charge in [-0.25, -0.2) is 0 Å². The van der Waals surface area contributed by atoms with Gasteiger partial charge in [0, 0.05) is 31.2 Å². The van der Waals surface area contributed by atoms with Crippen LogP contribution < -0.4 is 5.73 Å². The van der Waals surface area contributed by atoms with E-state index < -0.39 is 0 Å². The Labute approximate surface area is 91.4 Å². The first-order valence-corrected chi connectivity index (χ1v) is 5.88. The maximum atomic E-state index is 12.0. The van der Waals surface area contributed by atoms with Crippen LogP contribution in [0.15, 0.2) is 0 Å². The maximum Gasteiger partial charge on any atom is 0.237 e. The summed E-state index contributed by atoms with van der Waals surface area (Å²) in [4.78, 5) is 16.2. The van der Waals surface area contributed by atoms with Gasteiger partial charge < -0.3 is 10.6 Å². The van der Waals surface area contributed by atoms with E-state index in [2.05, 4.69) is 23.6 Å². The lowest BCUT2D eigenvalue weighted by Gasteiger charge is -2.42. The fraction of sp³-hybridized carbons (Fsp3) is 0.909. The van der Waals surface area contributed by atoms with Gasteiger partial charge in [0.2, 0.25) is 5.91 Å². The van der Waals surface area contributed by atoms with Crippen LogP contribution in [0.4, 0.5) is 0 Å². The molecule has 0 spiro atoms. The Morgan fingerprint density at radius 1 is 1.53 bits per heavy atom. The van der Waals surface area contributed by atoms with E-state index in [4.69, 9.17) is 5.73 Å². The standard InChI is InChI=1S/C11H21N3O/c1-8(5-12)13-6-9(2)14(10-3-4-10)11(15)7-13/h8-10H,3-7,12H2,1-2H3. The van der Waals surface area contributed by atoms with Gasteiger partial charge in [-0.3, -0.25) is 9.69 Å². The third-order valence-electron chi connectivity index (χ3n) is 3.50. The lowest BCUT2D eigenvalue weighted by Crippen LogP contribution is -2.59. The minimum atomic E-state index is 0.288. The first kappa shape index (κ1) is 10.9. The highest BCUT2D eigenvalue weighted by molar-refractivity contribution is 5.80. The predicted octanol–water partition coefficient (Wildman–Crippen LogP) is 0.0287. The third-order valence-corrected chi connectivity index (χ3v) is 3.50. The molecule has 4 heteroatoms. The average molecular weight is 211 g/mol. The van der Waals surface area contributed by atoms with Crippen LogP contribution in [0.3, 0.4) is 0 Å². The Balaban J connectivity index is 1.99. The largest absolute Gasteiger partial charge is 0.335 e. The van der Waals surface area contributed by atoms with Gasteiger partial charge in [0.15, 0.2) is 0 Å². The van der Waals surface area contributed by atoms with E-state index >= 15 is 0 Å². The molecular weight excluding hydrogens is 190 g/mol. The molecule has 2 aliphatic rings. The van der Waals surface area contributed by atoms with Gasteiger partial charge in [-0.15, -0.1) is 0 Å². The van der Waals surface area contributed by atoms with Gasteiger partial charge in [0.1, 0.15) is 0 Å². The average Bonchev–Trinajstić information content (AvgIpc) is 2.99. The fourth-order valence-corrected chi connectivity index (χ4v) is 2.39. The number of nitrogens with zero attached hydrogens (tertiary/aromatic N) is 2. The zero-order chi connectivity index (χ0) is 11.0. The number of hydrogen-bond donors (Lipinski definition) is 1. The first-order valence-electron chi connectivity index (χ1n) is 5.88. The van der Waals surface area contributed by atoms with Crippen molar-refractivity contribution in [3.63, 3.8) is 0 Å². The van der Waals surface area contributed by atoms with Crippen LogP contribution in [-0.4, -0.2) is 53.5 Å². The van der Waals surface area contributed by atoms with Crippen molar-refractivity contribution in [2.75, 3.05) is 19.6 Å². The number of amides is 1. The van der Waals surface area contributed by atoms with Crippen molar-refractivity contribution in [1.29, 1.82) is 0 Å². The minimum Gasteiger partial charge on any atom is -0.335 e. The molecule has 15 heavy (non-hydrogen) atoms. The van der Waals surface area contributed by atoms with Gasteiger partial charge in [0.25, 0.3) is 0 Å². The van der Waals surface area contributed by atoms with E-state index in [1.165, 1.54) is 12.8 Å². The normalized spacial score (nSPS) is 30.7. The maximum absolute atomic E-state index is 12.0. The van der Waals surface area contributed by atoms with Gasteiger partial charge >= 0.3 is 0 Å². The molecule has 2 rings (SSSR count). The highest BCUT2D eigenvalue weighted by Gasteiger charge is 2.40. The molecule has 0 aromatic rings. The molecule has 0 aromatic carbocycles. The molecule has 2 unspecified atom stereocenters. The van der Waals surface area contributed by atoms with Gasteiger partial charge in [0.05, 0.1) is 6.54 Å². The van der Waals surface area contributed by atoms with E-state index in [0.29, 0.717) is 31.2 Å². The van der Waals surface area contributed by atoms with Crippen molar-refractivity contribution in [2.24, 2.45) is 5.73 Å². The van der Waals surface area contributed by atoms with Crippen molar-refractivity contribution in [3.05, 3.63) is 0 Å². The summed E-state index contributed by atoms with van der Waals surface area (Å²) in [6.07, 6.45) is 2.39. The molecule has 1 saturated carbocycles. The molecule has 1 saturated heterocycles. The highest BCUT2D eigenvalue weighted by Crippen LogP contribution is 2.30. The van der Waals surface area contributed by atoms with Crippen LogP contribution in [0, 0.1) is 0 Å². The van der Waals surface area contributed by atoms with E-state index in [1.54, 1.807) is 0 Å². The lowest BCUT2D eigenvalue weighted by atomic mass is 10.1. The van der Waals surface area contributed by atoms with E-state index in [9.17, 15) is 4.79 Å². The second-order valence-electron chi connectivity index (χ2n) is 4.90. The summed E-state index contributed by atoms with van der Waals surface area (Å²) in [6, 6.07) is 1.22. The monoisotopic (exact) mass is 211 g/mol. The zero-order valence-electron chi connectivity index (χ0n) is 9.65. The van der Waals surface area contributed by atoms with E-state index in [1.807, 2.05) is 0 Å². The second-order valence-corrected chi connectivity index (χ2v) is 4.90. The lowest BCUT2D eigenvalue weighted by molar-refractivity contribution is -0.141. The van der Waals surface area contributed by atoms with Crippen LogP contribution in [0.25, 0.3) is 0 Å². The Morgan fingerprint density at radius 2 is 2.20 bits per heavy atom. The summed E-state index contributed by atoms with van der Waals surface area (Å²) >= 11 is 0. The number of carbonyl (C=O) groups excluding carboxylic acids is 1. The number of nitrogens with two attached hydrogens (primary N) is 1. The van der Waals surface area contributed by atoms with Crippen LogP contribution in [0.1, 0.15) is 26.7 Å². The van der Waals surface area contributed by atoms with Crippen molar-refractivity contribution >= 4 is 5.91 Å². The van der Waals surface area contributed by atoms with Crippen LogP contribution in [0.2, 0.25) is 0 Å². The summed E-state index contributed by atoms with van der Waals surface area (Å²) in [5, 5.41) is 0. The molecule has 1 aliphatic heterocycles. The first-order chi connectivity index (χ1) is 7.13. The van der Waals surface area contributed by atoms with Gasteiger partial charge in [-0.2, -0.15) is 0 Å². The zero-order valence-corrected chi connectivity index (χ0v) is 9.65. The fourth-order valence-electron chi connectivity index (χ4n) is 2.39. The molecule has 1 amide bonds. The van der Waals surface area contributed by atoms with Gasteiger partial charge in [-0.1, -0.05) is 0 Å². The molecule has 0 aromatic heterocycles. The smallest absolute Gasteiger partial charge is 0.237 e. The Bertz CT molecular complexity index is 252. The topological polar surface area (TPSA) is 49.6 Å². The van der Waals surface area contributed by atoms with Crippen molar-refractivity contribution in [2.45, 2.75) is 44.8 Å². The third kappa shape index (κ3) is 2.16. The van der Waals surface area contributed by atoms with Crippen LogP contribution >= 0.6 is 0 Å². The Hall–Kier alpha value is -0.610. The summed E-state index contributed by atoms with van der Waals surface area (Å²) in [5.41, 5.74) is 5.63. The number of rotatable bonds is 3. The summed E-state index contributed by atoms with van der Waals surface area (Å²) in [6.45, 7) is 6.39. The van der Waals surface area contributed by atoms with Crippen molar-refractivity contribution in [3.8, 4) is 0 Å². The predicted molar refractivity (Wildman–Crippen MR) is 59.4 cm³/mol. The highest BCUT2D eigenvalue weighted by atomic mass is 16.2. The summed E-state index contributed by atoms with van der Waals surface area (Å²) in [5.74, 6) is 0.288. The number of hydrogen-bond acceptors (Lipinski definition) is 3. The molecule has 2 N–H and O–H groups in total. The molecule has 2 atom stereocenters. The SMILES string of the molecule is CC(CN)N1CC(=O)N(C2CC2)C(C)C1. The molecule has 1 aliphatic carbocycles. The van der Waals surface area contributed by atoms with E-state index in [-0.39, 0.29) is 5.91 Å². The second kappa shape index (κ2) is 4.10. The molecule has 4 nitrogen and oxygen atoms in total. The number of piperazine rings is 1. The number of carbonyl (C=O) groups is 1. The molecular formula is C11H21N3O. The molecule has 86 valence electrons. The Kier molecular flexibility index (Phi) is 2.98. The Morgan fingerprint density at radius 3 is 2.67 bits per heavy atom. The van der Waals surface area contributed by atoms with Crippen LogP contribution in [-0.2, 0) is 4.79 Å². The molecule has 0 bridgehead atoms. The van der Waals surface area contributed by atoms with Crippen molar-refractivity contribution < 1.29 is 4.79 Å². The summed E-state index contributed by atoms with van der Waals surface area (Å²) < 4.78 is 0. The quantitative estimate of drug-likeness (QED) is 0.716. The molecule has 2 fully saturated rings. The minimum absolute atomic E-state index is 0.288. The molecule has 1 heterocycles.